The van der Waals surface area contributed by atoms with Crippen molar-refractivity contribution in [2.75, 3.05) is 5.32 Å². The lowest BCUT2D eigenvalue weighted by molar-refractivity contribution is -0.141. The molecule has 2 heterocycles. The summed E-state index contributed by atoms with van der Waals surface area (Å²) in [6.45, 7) is 0.267. The van der Waals surface area contributed by atoms with E-state index in [1.807, 2.05) is 13.1 Å². The van der Waals surface area contributed by atoms with Crippen LogP contribution in [0.15, 0.2) is 12.1 Å². The molecule has 0 radical (unpaired) electrons. The van der Waals surface area contributed by atoms with E-state index in [9.17, 15) is 13.2 Å². The summed E-state index contributed by atoms with van der Waals surface area (Å²) >= 11 is 0. The second-order valence-electron chi connectivity index (χ2n) is 5.35. The quantitative estimate of drug-likeness (QED) is 0.934. The van der Waals surface area contributed by atoms with E-state index in [-0.39, 0.29) is 19.0 Å². The molecule has 1 aliphatic carbocycles. The summed E-state index contributed by atoms with van der Waals surface area (Å²) in [5.74, 6) is 1.34. The van der Waals surface area contributed by atoms with Crippen LogP contribution in [-0.4, -0.2) is 19.6 Å². The molecule has 2 aromatic heterocycles. The smallest absolute Gasteiger partial charge is 0.365 e. The van der Waals surface area contributed by atoms with Crippen LogP contribution in [-0.2, 0) is 26.8 Å². The van der Waals surface area contributed by atoms with E-state index < -0.39 is 11.9 Å². The second kappa shape index (κ2) is 5.83. The van der Waals surface area contributed by atoms with Crippen molar-refractivity contribution in [2.24, 2.45) is 14.1 Å². The highest BCUT2D eigenvalue weighted by Gasteiger charge is 2.34. The Morgan fingerprint density at radius 2 is 1.86 bits per heavy atom. The Kier molecular flexibility index (Phi) is 4.42. The van der Waals surface area contributed by atoms with Crippen LogP contribution < -0.4 is 5.32 Å². The maximum absolute atomic E-state index is 12.6. The van der Waals surface area contributed by atoms with Gasteiger partial charge in [-0.1, -0.05) is 0 Å². The molecule has 0 spiro atoms. The number of nitrogens with one attached hydrogen (secondary N) is 1. The van der Waals surface area contributed by atoms with Gasteiger partial charge in [-0.2, -0.15) is 23.4 Å². The number of hydrogen-bond donors (Lipinski definition) is 1. The lowest BCUT2D eigenvalue weighted by Gasteiger charge is -2.06. The first-order chi connectivity index (χ1) is 9.84. The first-order valence-corrected chi connectivity index (χ1v) is 6.72. The minimum atomic E-state index is -4.41. The molecule has 5 nitrogen and oxygen atoms in total. The summed E-state index contributed by atoms with van der Waals surface area (Å²) in [6, 6.07) is 3.02. The Labute approximate surface area is 131 Å². The minimum absolute atomic E-state index is 0. The monoisotopic (exact) mass is 335 g/mol. The second-order valence-corrected chi connectivity index (χ2v) is 5.35. The molecule has 1 aliphatic rings. The standard InChI is InChI=1S/C13H16F3N5.ClH/c1-20-9(5-11(19-20)13(14,15)16)7-17-12-6-10(8-3-4-8)18-21(12)2;/h5-6,8,17H,3-4,7H2,1-2H3;1H. The number of anilines is 1. The average Bonchev–Trinajstić information content (AvgIpc) is 3.07. The van der Waals surface area contributed by atoms with Crippen molar-refractivity contribution in [3.8, 4) is 0 Å². The Hall–Kier alpha value is -1.70. The van der Waals surface area contributed by atoms with Gasteiger partial charge in [0.15, 0.2) is 5.69 Å². The molecule has 1 N–H and O–H groups in total. The van der Waals surface area contributed by atoms with Crippen molar-refractivity contribution in [1.29, 1.82) is 0 Å². The van der Waals surface area contributed by atoms with Crippen molar-refractivity contribution >= 4 is 18.2 Å². The van der Waals surface area contributed by atoms with Crippen molar-refractivity contribution in [1.82, 2.24) is 19.6 Å². The van der Waals surface area contributed by atoms with E-state index in [1.165, 1.54) is 11.7 Å². The van der Waals surface area contributed by atoms with E-state index in [0.717, 1.165) is 30.4 Å². The molecule has 0 aliphatic heterocycles. The first kappa shape index (κ1) is 16.7. The van der Waals surface area contributed by atoms with Crippen LogP contribution in [0, 0.1) is 0 Å². The highest BCUT2D eigenvalue weighted by atomic mass is 35.5. The topological polar surface area (TPSA) is 47.7 Å². The lowest BCUT2D eigenvalue weighted by Crippen LogP contribution is -2.08. The van der Waals surface area contributed by atoms with Crippen LogP contribution >= 0.6 is 12.4 Å². The Bertz CT molecular complexity index is 657. The van der Waals surface area contributed by atoms with Crippen molar-refractivity contribution in [2.45, 2.75) is 31.5 Å². The Morgan fingerprint density at radius 3 is 2.41 bits per heavy atom. The summed E-state index contributed by atoms with van der Waals surface area (Å²) in [4.78, 5) is 0. The van der Waals surface area contributed by atoms with Crippen LogP contribution in [0.25, 0.3) is 0 Å². The van der Waals surface area contributed by atoms with Crippen LogP contribution in [0.4, 0.5) is 19.0 Å². The maximum Gasteiger partial charge on any atom is 0.435 e. The number of nitrogens with zero attached hydrogens (tertiary/aromatic N) is 4. The molecule has 9 heteroatoms. The Balaban J connectivity index is 0.00000176. The number of aryl methyl sites for hydroxylation is 2. The van der Waals surface area contributed by atoms with Gasteiger partial charge in [0.1, 0.15) is 5.82 Å². The third kappa shape index (κ3) is 3.37. The van der Waals surface area contributed by atoms with Crippen molar-refractivity contribution in [3.63, 3.8) is 0 Å². The maximum atomic E-state index is 12.6. The van der Waals surface area contributed by atoms with Crippen molar-refractivity contribution in [3.05, 3.63) is 29.2 Å². The molecule has 0 atom stereocenters. The zero-order valence-electron chi connectivity index (χ0n) is 12.2. The van der Waals surface area contributed by atoms with E-state index in [0.29, 0.717) is 11.6 Å². The molecule has 2 aromatic rings. The number of alkyl halides is 3. The number of rotatable bonds is 4. The van der Waals surface area contributed by atoms with Gasteiger partial charge in [-0.15, -0.1) is 12.4 Å². The summed E-state index contributed by atoms with van der Waals surface area (Å²) < 4.78 is 40.8. The molecular weight excluding hydrogens is 319 g/mol. The van der Waals surface area contributed by atoms with Gasteiger partial charge in [-0.05, 0) is 18.9 Å². The lowest BCUT2D eigenvalue weighted by atomic mass is 10.3. The average molecular weight is 336 g/mol. The van der Waals surface area contributed by atoms with Gasteiger partial charge in [0.25, 0.3) is 0 Å². The first-order valence-electron chi connectivity index (χ1n) is 6.72. The van der Waals surface area contributed by atoms with Gasteiger partial charge in [-0.3, -0.25) is 9.36 Å². The fourth-order valence-corrected chi connectivity index (χ4v) is 2.22. The van der Waals surface area contributed by atoms with E-state index >= 15 is 0 Å². The molecule has 1 fully saturated rings. The van der Waals surface area contributed by atoms with Gasteiger partial charge >= 0.3 is 6.18 Å². The largest absolute Gasteiger partial charge is 0.435 e. The molecule has 22 heavy (non-hydrogen) atoms. The highest BCUT2D eigenvalue weighted by molar-refractivity contribution is 5.85. The van der Waals surface area contributed by atoms with Crippen LogP contribution in [0.2, 0.25) is 0 Å². The molecule has 3 rings (SSSR count). The summed E-state index contributed by atoms with van der Waals surface area (Å²) in [7, 11) is 3.32. The van der Waals surface area contributed by atoms with Gasteiger partial charge < -0.3 is 5.32 Å². The van der Waals surface area contributed by atoms with Crippen LogP contribution in [0.3, 0.4) is 0 Å². The molecule has 0 amide bonds. The minimum Gasteiger partial charge on any atom is -0.365 e. The van der Waals surface area contributed by atoms with E-state index in [1.54, 1.807) is 4.68 Å². The molecule has 0 saturated heterocycles. The number of aromatic nitrogens is 4. The third-order valence-electron chi connectivity index (χ3n) is 3.61. The molecule has 1 saturated carbocycles. The summed E-state index contributed by atoms with van der Waals surface area (Å²) in [5, 5.41) is 11.0. The van der Waals surface area contributed by atoms with Gasteiger partial charge in [-0.25, -0.2) is 0 Å². The zero-order valence-corrected chi connectivity index (χ0v) is 13.0. The number of hydrogen-bond acceptors (Lipinski definition) is 3. The molecule has 122 valence electrons. The van der Waals surface area contributed by atoms with Gasteiger partial charge in [0.2, 0.25) is 0 Å². The fraction of sp³-hybridized carbons (Fsp3) is 0.538. The predicted molar refractivity (Wildman–Crippen MR) is 78.0 cm³/mol. The third-order valence-corrected chi connectivity index (χ3v) is 3.61. The molecule has 0 aromatic carbocycles. The predicted octanol–water partition coefficient (Wildman–Crippen LogP) is 3.08. The number of halogens is 4. The molecule has 0 bridgehead atoms. The van der Waals surface area contributed by atoms with Crippen LogP contribution in [0.5, 0.6) is 0 Å². The fourth-order valence-electron chi connectivity index (χ4n) is 2.22. The highest BCUT2D eigenvalue weighted by Crippen LogP contribution is 2.40. The van der Waals surface area contributed by atoms with E-state index in [2.05, 4.69) is 15.5 Å². The van der Waals surface area contributed by atoms with Crippen molar-refractivity contribution < 1.29 is 13.2 Å². The molecule has 0 unspecified atom stereocenters. The normalized spacial score (nSPS) is 14.8. The van der Waals surface area contributed by atoms with Gasteiger partial charge in [0.05, 0.1) is 17.9 Å². The Morgan fingerprint density at radius 1 is 1.18 bits per heavy atom. The summed E-state index contributed by atoms with van der Waals surface area (Å²) in [6.07, 6.45) is -2.10. The summed E-state index contributed by atoms with van der Waals surface area (Å²) in [5.41, 5.74) is 0.642. The zero-order chi connectivity index (χ0) is 15.2. The SMILES string of the molecule is Cl.Cn1nc(C(F)(F)F)cc1CNc1cc(C2CC2)nn1C. The molecular formula is C13H17ClF3N5. The van der Waals surface area contributed by atoms with Gasteiger partial charge in [0, 0.05) is 26.1 Å². The van der Waals surface area contributed by atoms with Crippen LogP contribution in [0.1, 0.15) is 35.8 Å². The van der Waals surface area contributed by atoms with E-state index in [4.69, 9.17) is 0 Å².